The number of hydrogen-bond donors (Lipinski definition) is 2. The number of sulfonamides is 1. The molecule has 7 heteroatoms. The van der Waals surface area contributed by atoms with Gasteiger partial charge < -0.3 is 5.73 Å². The first kappa shape index (κ1) is 11.2. The molecule has 0 spiro atoms. The zero-order chi connectivity index (χ0) is 11.6. The number of hydrogen-bond acceptors (Lipinski definition) is 5. The molecule has 0 radical (unpaired) electrons. The molecule has 0 saturated carbocycles. The molecule has 0 fully saturated rings. The number of anilines is 1. The van der Waals surface area contributed by atoms with Crippen LogP contribution in [0.25, 0.3) is 0 Å². The highest BCUT2D eigenvalue weighted by molar-refractivity contribution is 7.93. The van der Waals surface area contributed by atoms with E-state index in [2.05, 4.69) is 9.71 Å². The summed E-state index contributed by atoms with van der Waals surface area (Å²) in [6.45, 7) is 0. The van der Waals surface area contributed by atoms with Crippen LogP contribution in [0.3, 0.4) is 0 Å². The van der Waals surface area contributed by atoms with E-state index in [1.165, 1.54) is 11.3 Å². The molecule has 0 saturated heterocycles. The minimum Gasteiger partial charge on any atom is -0.399 e. The van der Waals surface area contributed by atoms with Gasteiger partial charge in [0.15, 0.2) is 5.13 Å². The van der Waals surface area contributed by atoms with Gasteiger partial charge in [-0.25, -0.2) is 13.4 Å². The molecule has 5 nitrogen and oxygen atoms in total. The third kappa shape index (κ3) is 2.42. The molecule has 3 N–H and O–H groups in total. The molecule has 1 aliphatic rings. The quantitative estimate of drug-likeness (QED) is 0.847. The molecule has 0 aliphatic heterocycles. The Labute approximate surface area is 97.7 Å². The molecule has 1 aromatic rings. The topological polar surface area (TPSA) is 85.1 Å². The van der Waals surface area contributed by atoms with E-state index in [9.17, 15) is 8.42 Å². The Bertz CT molecular complexity index is 517. The van der Waals surface area contributed by atoms with Crippen molar-refractivity contribution in [2.75, 3.05) is 4.72 Å². The van der Waals surface area contributed by atoms with E-state index in [-0.39, 0.29) is 0 Å². The van der Waals surface area contributed by atoms with Crippen molar-refractivity contribution >= 4 is 26.5 Å². The second-order valence-corrected chi connectivity index (χ2v) is 6.12. The fourth-order valence-electron chi connectivity index (χ4n) is 1.32. The van der Waals surface area contributed by atoms with Gasteiger partial charge in [-0.15, -0.1) is 11.3 Å². The largest absolute Gasteiger partial charge is 0.399 e. The zero-order valence-electron chi connectivity index (χ0n) is 8.33. The van der Waals surface area contributed by atoms with Crippen LogP contribution in [0.15, 0.2) is 35.5 Å². The van der Waals surface area contributed by atoms with Crippen molar-refractivity contribution in [1.82, 2.24) is 4.98 Å². The van der Waals surface area contributed by atoms with Gasteiger partial charge in [-0.1, -0.05) is 12.2 Å². The summed E-state index contributed by atoms with van der Waals surface area (Å²) in [6.07, 6.45) is 6.84. The number of nitrogens with one attached hydrogen (secondary N) is 1. The van der Waals surface area contributed by atoms with Gasteiger partial charge in [-0.2, -0.15) is 0 Å². The lowest BCUT2D eigenvalue weighted by molar-refractivity contribution is 0.593. The van der Waals surface area contributed by atoms with Gasteiger partial charge in [0, 0.05) is 17.3 Å². The van der Waals surface area contributed by atoms with Gasteiger partial charge in [-0.05, 0) is 12.5 Å². The predicted octanol–water partition coefficient (Wildman–Crippen LogP) is 1.06. The smallest absolute Gasteiger partial charge is 0.241 e. The van der Waals surface area contributed by atoms with Gasteiger partial charge >= 0.3 is 0 Å². The maximum Gasteiger partial charge on any atom is 0.241 e. The second-order valence-electron chi connectivity index (χ2n) is 3.32. The van der Waals surface area contributed by atoms with Crippen LogP contribution in [0, 0.1) is 0 Å². The molecule has 1 aromatic heterocycles. The summed E-state index contributed by atoms with van der Waals surface area (Å²) >= 11 is 1.25. The minimum atomic E-state index is -3.42. The monoisotopic (exact) mass is 257 g/mol. The van der Waals surface area contributed by atoms with Crippen molar-refractivity contribution < 1.29 is 8.42 Å². The van der Waals surface area contributed by atoms with Crippen molar-refractivity contribution in [3.8, 4) is 0 Å². The normalized spacial score (nSPS) is 20.5. The van der Waals surface area contributed by atoms with Crippen molar-refractivity contribution in [3.63, 3.8) is 0 Å². The number of rotatable bonds is 3. The Balaban J connectivity index is 2.12. The van der Waals surface area contributed by atoms with Crippen molar-refractivity contribution in [1.29, 1.82) is 0 Å². The minimum absolute atomic E-state index is 0.385. The first-order valence-electron chi connectivity index (χ1n) is 4.63. The third-order valence-corrected chi connectivity index (χ3v) is 4.59. The van der Waals surface area contributed by atoms with Gasteiger partial charge in [0.1, 0.15) is 5.25 Å². The maximum atomic E-state index is 11.9. The summed E-state index contributed by atoms with van der Waals surface area (Å²) in [6, 6.07) is 0. The fraction of sp³-hybridized carbons (Fsp3) is 0.222. The lowest BCUT2D eigenvalue weighted by Crippen LogP contribution is -2.27. The molecule has 1 heterocycles. The Morgan fingerprint density at radius 3 is 2.94 bits per heavy atom. The van der Waals surface area contributed by atoms with Crippen LogP contribution in [-0.4, -0.2) is 18.7 Å². The van der Waals surface area contributed by atoms with Crippen LogP contribution in [0.4, 0.5) is 5.13 Å². The van der Waals surface area contributed by atoms with E-state index in [0.29, 0.717) is 17.2 Å². The van der Waals surface area contributed by atoms with Crippen LogP contribution in [-0.2, 0) is 10.0 Å². The van der Waals surface area contributed by atoms with Crippen LogP contribution >= 0.6 is 11.3 Å². The first-order chi connectivity index (χ1) is 7.58. The van der Waals surface area contributed by atoms with Crippen LogP contribution in [0.2, 0.25) is 0 Å². The van der Waals surface area contributed by atoms with E-state index >= 15 is 0 Å². The number of thiazole rings is 1. The standard InChI is InChI=1S/C9H11N3O2S2/c10-7-1-3-8(4-2-7)16(13,14)12-9-11-5-6-15-9/h1-3,5-6,8H,4,10H2,(H,11,12). The zero-order valence-corrected chi connectivity index (χ0v) is 9.96. The number of allylic oxidation sites excluding steroid dienone is 2. The summed E-state index contributed by atoms with van der Waals surface area (Å²) in [7, 11) is -3.42. The average molecular weight is 257 g/mol. The van der Waals surface area contributed by atoms with Crippen LogP contribution in [0.1, 0.15) is 6.42 Å². The van der Waals surface area contributed by atoms with E-state index in [4.69, 9.17) is 5.73 Å². The van der Waals surface area contributed by atoms with Gasteiger partial charge in [0.05, 0.1) is 0 Å². The summed E-state index contributed by atoms with van der Waals surface area (Å²) in [4.78, 5) is 3.88. The highest BCUT2D eigenvalue weighted by Crippen LogP contribution is 2.19. The molecule has 1 atom stereocenters. The Kier molecular flexibility index (Phi) is 2.97. The molecular formula is C9H11N3O2S2. The van der Waals surface area contributed by atoms with Gasteiger partial charge in [-0.3, -0.25) is 4.72 Å². The fourth-order valence-corrected chi connectivity index (χ4v) is 3.31. The van der Waals surface area contributed by atoms with E-state index < -0.39 is 15.3 Å². The highest BCUT2D eigenvalue weighted by atomic mass is 32.2. The lowest BCUT2D eigenvalue weighted by atomic mass is 10.1. The Morgan fingerprint density at radius 1 is 1.56 bits per heavy atom. The average Bonchev–Trinajstić information content (AvgIpc) is 2.70. The third-order valence-electron chi connectivity index (χ3n) is 2.15. The van der Waals surface area contributed by atoms with Crippen LogP contribution < -0.4 is 10.5 Å². The summed E-state index contributed by atoms with van der Waals surface area (Å²) in [5.41, 5.74) is 6.12. The van der Waals surface area contributed by atoms with Crippen molar-refractivity contribution in [3.05, 3.63) is 35.5 Å². The molecular weight excluding hydrogens is 246 g/mol. The van der Waals surface area contributed by atoms with Crippen molar-refractivity contribution in [2.24, 2.45) is 5.73 Å². The maximum absolute atomic E-state index is 11.9. The van der Waals surface area contributed by atoms with Crippen molar-refractivity contribution in [2.45, 2.75) is 11.7 Å². The molecule has 16 heavy (non-hydrogen) atoms. The summed E-state index contributed by atoms with van der Waals surface area (Å²) < 4.78 is 26.2. The van der Waals surface area contributed by atoms with E-state index in [1.807, 2.05) is 0 Å². The lowest BCUT2D eigenvalue weighted by Gasteiger charge is -2.15. The molecule has 0 amide bonds. The number of nitrogens with two attached hydrogens (primary N) is 1. The summed E-state index contributed by atoms with van der Waals surface area (Å²) in [5, 5.41) is 1.52. The molecule has 1 aliphatic carbocycles. The van der Waals surface area contributed by atoms with E-state index in [0.717, 1.165) is 0 Å². The number of aromatic nitrogens is 1. The Morgan fingerprint density at radius 2 is 2.38 bits per heavy atom. The molecule has 1 unspecified atom stereocenters. The van der Waals surface area contributed by atoms with Gasteiger partial charge in [0.2, 0.25) is 10.0 Å². The molecule has 86 valence electrons. The predicted molar refractivity (Wildman–Crippen MR) is 64.5 cm³/mol. The first-order valence-corrected chi connectivity index (χ1v) is 7.05. The molecule has 2 rings (SSSR count). The highest BCUT2D eigenvalue weighted by Gasteiger charge is 2.24. The number of nitrogens with zero attached hydrogens (tertiary/aromatic N) is 1. The summed E-state index contributed by atoms with van der Waals surface area (Å²) in [5.74, 6) is 0. The molecule has 0 aromatic carbocycles. The SMILES string of the molecule is NC1=CCC(S(=O)(=O)Nc2nccs2)C=C1. The van der Waals surface area contributed by atoms with E-state index in [1.54, 1.807) is 29.8 Å². The van der Waals surface area contributed by atoms with Gasteiger partial charge in [0.25, 0.3) is 0 Å². The Hall–Kier alpha value is -1.34. The molecule has 0 bridgehead atoms. The van der Waals surface area contributed by atoms with Crippen LogP contribution in [0.5, 0.6) is 0 Å². The second kappa shape index (κ2) is 4.26.